The average Bonchev–Trinajstić information content (AvgIpc) is 2.92. The van der Waals surface area contributed by atoms with Crippen LogP contribution in [-0.2, 0) is 11.0 Å². The summed E-state index contributed by atoms with van der Waals surface area (Å²) in [5, 5.41) is 9.46. The second-order valence-corrected chi connectivity index (χ2v) is 9.47. The van der Waals surface area contributed by atoms with Gasteiger partial charge in [-0.25, -0.2) is 4.68 Å². The maximum atomic E-state index is 12.7. The standard InChI is InChI=1S/C17H24F3N5OS/c1-9(16-5-10-2-11(6-16)4-12(3-10)7-16)22-13(26)8-27-15-24-23-14(25(15)21)17(18,19)20/h9-12H,2-8,21H2,1H3,(H,22,26)/t9-,10?,11?,12?,16?/m0/s1. The van der Waals surface area contributed by atoms with E-state index in [1.165, 1.54) is 38.5 Å². The third-order valence-corrected chi connectivity index (χ3v) is 7.58. The first-order chi connectivity index (χ1) is 12.7. The van der Waals surface area contributed by atoms with Gasteiger partial charge in [-0.15, -0.1) is 10.2 Å². The van der Waals surface area contributed by atoms with Crippen molar-refractivity contribution in [3.05, 3.63) is 5.82 Å². The summed E-state index contributed by atoms with van der Waals surface area (Å²) in [6.07, 6.45) is 2.88. The number of alkyl halides is 3. The summed E-state index contributed by atoms with van der Waals surface area (Å²) in [6.45, 7) is 2.07. The minimum absolute atomic E-state index is 0.0378. The van der Waals surface area contributed by atoms with Crippen molar-refractivity contribution in [2.75, 3.05) is 11.6 Å². The first-order valence-corrected chi connectivity index (χ1v) is 10.3. The third kappa shape index (κ3) is 3.52. The van der Waals surface area contributed by atoms with Crippen LogP contribution < -0.4 is 11.2 Å². The van der Waals surface area contributed by atoms with Gasteiger partial charge in [-0.3, -0.25) is 4.79 Å². The van der Waals surface area contributed by atoms with Gasteiger partial charge in [0.05, 0.1) is 5.75 Å². The predicted molar refractivity (Wildman–Crippen MR) is 94.1 cm³/mol. The highest BCUT2D eigenvalue weighted by atomic mass is 32.2. The molecule has 0 unspecified atom stereocenters. The number of nitrogens with two attached hydrogens (primary N) is 1. The van der Waals surface area contributed by atoms with Crippen LogP contribution in [0.25, 0.3) is 0 Å². The summed E-state index contributed by atoms with van der Waals surface area (Å²) in [4.78, 5) is 12.4. The second kappa shape index (κ2) is 6.56. The number of aromatic nitrogens is 3. The maximum absolute atomic E-state index is 12.7. The average molecular weight is 403 g/mol. The van der Waals surface area contributed by atoms with Gasteiger partial charge in [0.1, 0.15) is 0 Å². The Labute approximate surface area is 159 Å². The third-order valence-electron chi connectivity index (χ3n) is 6.63. The van der Waals surface area contributed by atoms with Crippen LogP contribution in [0.4, 0.5) is 13.2 Å². The van der Waals surface area contributed by atoms with Gasteiger partial charge < -0.3 is 11.2 Å². The molecule has 27 heavy (non-hydrogen) atoms. The zero-order chi connectivity index (χ0) is 19.4. The van der Waals surface area contributed by atoms with Gasteiger partial charge in [-0.05, 0) is 68.6 Å². The molecule has 1 heterocycles. The molecule has 10 heteroatoms. The van der Waals surface area contributed by atoms with Gasteiger partial charge in [-0.1, -0.05) is 11.8 Å². The number of rotatable bonds is 5. The van der Waals surface area contributed by atoms with Crippen LogP contribution in [0.2, 0.25) is 0 Å². The fraction of sp³-hybridized carbons (Fsp3) is 0.824. The first kappa shape index (κ1) is 18.9. The highest BCUT2D eigenvalue weighted by Gasteiger charge is 2.53. The molecule has 5 rings (SSSR count). The minimum atomic E-state index is -4.67. The van der Waals surface area contributed by atoms with Crippen molar-refractivity contribution in [1.82, 2.24) is 20.2 Å². The van der Waals surface area contributed by atoms with Crippen LogP contribution in [0.15, 0.2) is 5.16 Å². The van der Waals surface area contributed by atoms with Gasteiger partial charge in [0, 0.05) is 6.04 Å². The SMILES string of the molecule is C[C@H](NC(=O)CSc1nnc(C(F)(F)F)n1N)C12CC3CC(CC(C3)C1)C2. The molecular formula is C17H24F3N5OS. The quantitative estimate of drug-likeness (QED) is 0.583. The molecule has 1 aromatic heterocycles. The molecule has 1 aromatic rings. The molecule has 4 bridgehead atoms. The predicted octanol–water partition coefficient (Wildman–Crippen LogP) is 2.82. The van der Waals surface area contributed by atoms with Crippen molar-refractivity contribution in [2.45, 2.75) is 62.8 Å². The normalized spacial score (nSPS) is 33.3. The Balaban J connectivity index is 1.34. The van der Waals surface area contributed by atoms with E-state index in [9.17, 15) is 18.0 Å². The molecule has 0 aromatic carbocycles. The van der Waals surface area contributed by atoms with Gasteiger partial charge in [0.2, 0.25) is 11.1 Å². The number of nitrogens with one attached hydrogen (secondary N) is 1. The first-order valence-electron chi connectivity index (χ1n) is 9.36. The Morgan fingerprint density at radius 1 is 1.26 bits per heavy atom. The van der Waals surface area contributed by atoms with Crippen LogP contribution in [-0.4, -0.2) is 32.6 Å². The molecule has 4 aliphatic carbocycles. The Hall–Kier alpha value is -1.45. The minimum Gasteiger partial charge on any atom is -0.352 e. The lowest BCUT2D eigenvalue weighted by Crippen LogP contribution is -2.56. The Morgan fingerprint density at radius 3 is 2.30 bits per heavy atom. The zero-order valence-electron chi connectivity index (χ0n) is 15.1. The molecule has 4 aliphatic rings. The van der Waals surface area contributed by atoms with Crippen molar-refractivity contribution < 1.29 is 18.0 Å². The van der Waals surface area contributed by atoms with Gasteiger partial charge in [0.25, 0.3) is 5.82 Å². The molecule has 0 saturated heterocycles. The van der Waals surface area contributed by atoms with E-state index in [1.54, 1.807) is 0 Å². The zero-order valence-corrected chi connectivity index (χ0v) is 15.9. The number of hydrogen-bond donors (Lipinski definition) is 2. The molecule has 150 valence electrons. The fourth-order valence-electron chi connectivity index (χ4n) is 5.84. The molecule has 3 N–H and O–H groups in total. The van der Waals surface area contributed by atoms with Crippen LogP contribution in [0.3, 0.4) is 0 Å². The Bertz CT molecular complexity index is 699. The van der Waals surface area contributed by atoms with E-state index in [0.717, 1.165) is 29.5 Å². The molecular weight excluding hydrogens is 379 g/mol. The molecule has 0 spiro atoms. The number of nitrogen functional groups attached to an aromatic ring is 1. The van der Waals surface area contributed by atoms with Gasteiger partial charge in [0.15, 0.2) is 0 Å². The van der Waals surface area contributed by atoms with E-state index in [2.05, 4.69) is 22.4 Å². The number of amides is 1. The smallest absolute Gasteiger partial charge is 0.352 e. The van der Waals surface area contributed by atoms with Crippen LogP contribution in [0, 0.1) is 23.2 Å². The van der Waals surface area contributed by atoms with E-state index in [-0.39, 0.29) is 28.3 Å². The maximum Gasteiger partial charge on any atom is 0.453 e. The molecule has 1 amide bonds. The molecule has 1 atom stereocenters. The topological polar surface area (TPSA) is 85.8 Å². The monoisotopic (exact) mass is 403 g/mol. The van der Waals surface area contributed by atoms with Gasteiger partial charge >= 0.3 is 6.18 Å². The summed E-state index contributed by atoms with van der Waals surface area (Å²) < 4.78 is 38.5. The number of nitrogens with zero attached hydrogens (tertiary/aromatic N) is 3. The number of carbonyl (C=O) groups is 1. The highest BCUT2D eigenvalue weighted by molar-refractivity contribution is 7.99. The summed E-state index contributed by atoms with van der Waals surface area (Å²) in [6, 6.07) is 0.0699. The van der Waals surface area contributed by atoms with Gasteiger partial charge in [-0.2, -0.15) is 13.2 Å². The molecule has 0 radical (unpaired) electrons. The number of hydrogen-bond acceptors (Lipinski definition) is 5. The molecule has 4 fully saturated rings. The summed E-state index contributed by atoms with van der Waals surface area (Å²) >= 11 is 0.863. The number of halogens is 3. The highest BCUT2D eigenvalue weighted by Crippen LogP contribution is 2.61. The fourth-order valence-corrected chi connectivity index (χ4v) is 6.51. The van der Waals surface area contributed by atoms with Crippen LogP contribution in [0.1, 0.15) is 51.3 Å². The van der Waals surface area contributed by atoms with E-state index in [4.69, 9.17) is 5.84 Å². The Morgan fingerprint density at radius 2 is 1.81 bits per heavy atom. The number of thioether (sulfide) groups is 1. The van der Waals surface area contributed by atoms with E-state index in [0.29, 0.717) is 4.68 Å². The van der Waals surface area contributed by atoms with Crippen molar-refractivity contribution in [3.63, 3.8) is 0 Å². The largest absolute Gasteiger partial charge is 0.453 e. The van der Waals surface area contributed by atoms with E-state index >= 15 is 0 Å². The molecule has 0 aliphatic heterocycles. The van der Waals surface area contributed by atoms with Crippen molar-refractivity contribution >= 4 is 17.7 Å². The van der Waals surface area contributed by atoms with Crippen molar-refractivity contribution in [3.8, 4) is 0 Å². The summed E-state index contributed by atoms with van der Waals surface area (Å²) in [7, 11) is 0. The number of carbonyl (C=O) groups excluding carboxylic acids is 1. The van der Waals surface area contributed by atoms with E-state index < -0.39 is 12.0 Å². The summed E-state index contributed by atoms with van der Waals surface area (Å²) in [5.41, 5.74) is 0.187. The summed E-state index contributed by atoms with van der Waals surface area (Å²) in [5.74, 6) is 6.26. The molecule has 4 saturated carbocycles. The van der Waals surface area contributed by atoms with Crippen molar-refractivity contribution in [1.29, 1.82) is 0 Å². The lowest BCUT2D eigenvalue weighted by atomic mass is 9.48. The van der Waals surface area contributed by atoms with Crippen LogP contribution in [0.5, 0.6) is 0 Å². The molecule has 6 nitrogen and oxygen atoms in total. The second-order valence-electron chi connectivity index (χ2n) is 8.53. The Kier molecular flexibility index (Phi) is 4.59. The van der Waals surface area contributed by atoms with E-state index in [1.807, 2.05) is 0 Å². The van der Waals surface area contributed by atoms with Crippen LogP contribution >= 0.6 is 11.8 Å². The lowest BCUT2D eigenvalue weighted by Gasteiger charge is -2.59. The lowest BCUT2D eigenvalue weighted by molar-refractivity contribution is -0.146. The van der Waals surface area contributed by atoms with Crippen molar-refractivity contribution in [2.24, 2.45) is 23.2 Å².